The molecule has 0 spiro atoms. The van der Waals surface area contributed by atoms with Crippen LogP contribution < -0.4 is 15.7 Å². The number of anilines is 2. The Balaban J connectivity index is 1.32. The quantitative estimate of drug-likeness (QED) is 0.170. The molecule has 2 nitrogen and oxygen atoms in total. The molecule has 212 valence electrons. The second kappa shape index (κ2) is 9.00. The number of hydrogen-bond donors (Lipinski definition) is 0. The topological polar surface area (TPSA) is 8.17 Å². The van der Waals surface area contributed by atoms with Gasteiger partial charge in [-0.1, -0.05) is 109 Å². The Hall–Kier alpha value is -5.58. The van der Waals surface area contributed by atoms with Crippen molar-refractivity contribution in [2.24, 2.45) is 0 Å². The Bertz CT molecular complexity index is 2720. The van der Waals surface area contributed by atoms with Crippen LogP contribution in [0.15, 0.2) is 152 Å². The summed E-state index contributed by atoms with van der Waals surface area (Å²) in [6, 6.07) is 56.3. The first-order chi connectivity index (χ1) is 22.8. The van der Waals surface area contributed by atoms with E-state index in [1.54, 1.807) is 0 Å². The molecule has 0 saturated heterocycles. The molecule has 11 rings (SSSR count). The standard InChI is InChI=1S/C42H25BN2S/c1-2-12-26(13-3-1)44-38-25-40-33(29-16-7-11-21-39(29)46-40)24-32(38)30-22-23-35-41(42(30)44)31-17-6-10-20-37(31)45-36-19-9-5-15-28(36)27-14-4-8-18-34(27)43(35)45/h1-25H. The Kier molecular flexibility index (Phi) is 4.83. The zero-order valence-electron chi connectivity index (χ0n) is 24.8. The molecule has 9 aromatic rings. The predicted molar refractivity (Wildman–Crippen MR) is 198 cm³/mol. The highest BCUT2D eigenvalue weighted by molar-refractivity contribution is 7.25. The van der Waals surface area contributed by atoms with Crippen LogP contribution in [0, 0.1) is 0 Å². The molecular weight excluding hydrogens is 575 g/mol. The van der Waals surface area contributed by atoms with E-state index in [4.69, 9.17) is 0 Å². The number of para-hydroxylation sites is 3. The number of fused-ring (bicyclic) bond motifs is 18. The smallest absolute Gasteiger partial charge is 0.329 e. The summed E-state index contributed by atoms with van der Waals surface area (Å²) in [7, 11) is 0. The average Bonchev–Trinajstić information content (AvgIpc) is 3.65. The highest BCUT2D eigenvalue weighted by Crippen LogP contribution is 2.49. The number of benzene rings is 7. The molecule has 0 saturated carbocycles. The SMILES string of the molecule is c1ccc(-n2c3cc4sc5ccccc5c4cc3c3ccc4c(c32)-c2ccccc2N2B4c3ccccc3-c3ccccc32)cc1. The first-order valence-corrected chi connectivity index (χ1v) is 16.7. The zero-order chi connectivity index (χ0) is 29.9. The van der Waals surface area contributed by atoms with Gasteiger partial charge in [0.25, 0.3) is 0 Å². The molecule has 0 N–H and O–H groups in total. The molecular formula is C42H25BN2S. The van der Waals surface area contributed by atoms with E-state index in [1.165, 1.54) is 92.2 Å². The van der Waals surface area contributed by atoms with Crippen LogP contribution >= 0.6 is 11.3 Å². The first-order valence-electron chi connectivity index (χ1n) is 15.9. The molecule has 2 aromatic heterocycles. The average molecular weight is 601 g/mol. The first kappa shape index (κ1) is 24.7. The number of nitrogens with zero attached hydrogens (tertiary/aromatic N) is 2. The van der Waals surface area contributed by atoms with Crippen LogP contribution in [0.5, 0.6) is 0 Å². The largest absolute Gasteiger partial charge is 0.376 e. The summed E-state index contributed by atoms with van der Waals surface area (Å²) in [6.45, 7) is 0.0649. The lowest BCUT2D eigenvalue weighted by atomic mass is 9.43. The van der Waals surface area contributed by atoms with Crippen LogP contribution in [-0.2, 0) is 0 Å². The summed E-state index contributed by atoms with van der Waals surface area (Å²) in [4.78, 5) is 2.58. The third-order valence-electron chi connectivity index (χ3n) is 10.2. The van der Waals surface area contributed by atoms with E-state index in [1.807, 2.05) is 11.3 Å². The summed E-state index contributed by atoms with van der Waals surface area (Å²) < 4.78 is 5.19. The van der Waals surface area contributed by atoms with E-state index in [-0.39, 0.29) is 6.85 Å². The van der Waals surface area contributed by atoms with Gasteiger partial charge < -0.3 is 9.38 Å². The summed E-state index contributed by atoms with van der Waals surface area (Å²) in [5, 5.41) is 5.26. The van der Waals surface area contributed by atoms with Gasteiger partial charge in [0.1, 0.15) is 0 Å². The van der Waals surface area contributed by atoms with Gasteiger partial charge in [-0.2, -0.15) is 0 Å². The molecule has 0 amide bonds. The van der Waals surface area contributed by atoms with E-state index >= 15 is 0 Å². The molecule has 2 aliphatic rings. The van der Waals surface area contributed by atoms with Crippen LogP contribution in [0.2, 0.25) is 0 Å². The lowest BCUT2D eigenvalue weighted by molar-refractivity contribution is 1.18. The van der Waals surface area contributed by atoms with Crippen LogP contribution in [0.3, 0.4) is 0 Å². The summed E-state index contributed by atoms with van der Waals surface area (Å²) in [5.74, 6) is 0. The molecule has 0 bridgehead atoms. The second-order valence-corrected chi connectivity index (χ2v) is 13.5. The monoisotopic (exact) mass is 600 g/mol. The van der Waals surface area contributed by atoms with Gasteiger partial charge in [-0.15, -0.1) is 11.3 Å². The Labute approximate surface area is 270 Å². The van der Waals surface area contributed by atoms with Crippen molar-refractivity contribution in [2.45, 2.75) is 0 Å². The van der Waals surface area contributed by atoms with Crippen LogP contribution in [-0.4, -0.2) is 11.4 Å². The van der Waals surface area contributed by atoms with Crippen molar-refractivity contribution >= 4 is 82.5 Å². The van der Waals surface area contributed by atoms with E-state index in [0.717, 1.165) is 0 Å². The Morgan fingerprint density at radius 1 is 0.457 bits per heavy atom. The fourth-order valence-electron chi connectivity index (χ4n) is 8.34. The maximum Gasteiger partial charge on any atom is 0.329 e. The Morgan fingerprint density at radius 3 is 2.02 bits per heavy atom. The number of thiophene rings is 1. The third-order valence-corrected chi connectivity index (χ3v) is 11.3. The molecule has 4 heteroatoms. The van der Waals surface area contributed by atoms with Crippen molar-refractivity contribution in [3.63, 3.8) is 0 Å². The molecule has 0 fully saturated rings. The molecule has 0 atom stereocenters. The van der Waals surface area contributed by atoms with Gasteiger partial charge in [-0.3, -0.25) is 0 Å². The van der Waals surface area contributed by atoms with Crippen LogP contribution in [0.4, 0.5) is 11.4 Å². The molecule has 0 aliphatic carbocycles. The molecule has 0 unspecified atom stereocenters. The van der Waals surface area contributed by atoms with Crippen molar-refractivity contribution in [1.82, 2.24) is 4.57 Å². The van der Waals surface area contributed by atoms with Crippen molar-refractivity contribution in [1.29, 1.82) is 0 Å². The molecule has 46 heavy (non-hydrogen) atoms. The lowest BCUT2D eigenvalue weighted by Gasteiger charge is -2.43. The summed E-state index contributed by atoms with van der Waals surface area (Å²) in [6.07, 6.45) is 0. The van der Waals surface area contributed by atoms with E-state index in [0.29, 0.717) is 0 Å². The number of rotatable bonds is 1. The lowest BCUT2D eigenvalue weighted by Crippen LogP contribution is -2.59. The van der Waals surface area contributed by atoms with Gasteiger partial charge in [0.05, 0.1) is 11.0 Å². The highest BCUT2D eigenvalue weighted by Gasteiger charge is 2.43. The minimum Gasteiger partial charge on any atom is -0.376 e. The van der Waals surface area contributed by atoms with Crippen molar-refractivity contribution in [3.8, 4) is 27.9 Å². The summed E-state index contributed by atoms with van der Waals surface area (Å²) in [5.41, 5.74) is 14.2. The number of hydrogen-bond acceptors (Lipinski definition) is 2. The fraction of sp³-hybridized carbons (Fsp3) is 0. The maximum absolute atomic E-state index is 2.58. The molecule has 4 heterocycles. The van der Waals surface area contributed by atoms with Crippen molar-refractivity contribution in [3.05, 3.63) is 152 Å². The minimum atomic E-state index is 0.0649. The van der Waals surface area contributed by atoms with E-state index < -0.39 is 0 Å². The van der Waals surface area contributed by atoms with Gasteiger partial charge in [-0.25, -0.2) is 0 Å². The van der Waals surface area contributed by atoms with Gasteiger partial charge in [0.2, 0.25) is 0 Å². The van der Waals surface area contributed by atoms with Crippen LogP contribution in [0.25, 0.3) is 69.9 Å². The third kappa shape index (κ3) is 3.12. The highest BCUT2D eigenvalue weighted by atomic mass is 32.1. The van der Waals surface area contributed by atoms with Crippen molar-refractivity contribution in [2.75, 3.05) is 4.81 Å². The zero-order valence-corrected chi connectivity index (χ0v) is 25.6. The van der Waals surface area contributed by atoms with Gasteiger partial charge in [0, 0.05) is 64.7 Å². The second-order valence-electron chi connectivity index (χ2n) is 12.5. The maximum atomic E-state index is 2.58. The van der Waals surface area contributed by atoms with Gasteiger partial charge in [-0.05, 0) is 59.0 Å². The Morgan fingerprint density at radius 2 is 1.15 bits per heavy atom. The number of aromatic nitrogens is 1. The van der Waals surface area contributed by atoms with Gasteiger partial charge >= 0.3 is 6.85 Å². The van der Waals surface area contributed by atoms with Crippen LogP contribution in [0.1, 0.15) is 0 Å². The normalized spacial score (nSPS) is 13.1. The molecule has 7 aromatic carbocycles. The van der Waals surface area contributed by atoms with E-state index in [2.05, 4.69) is 161 Å². The van der Waals surface area contributed by atoms with Crippen molar-refractivity contribution < 1.29 is 0 Å². The predicted octanol–water partition coefficient (Wildman–Crippen LogP) is 10.1. The molecule has 2 aliphatic heterocycles. The van der Waals surface area contributed by atoms with Gasteiger partial charge in [0.15, 0.2) is 0 Å². The molecule has 0 radical (unpaired) electrons. The fourth-order valence-corrected chi connectivity index (χ4v) is 9.46. The summed E-state index contributed by atoms with van der Waals surface area (Å²) >= 11 is 1.89. The minimum absolute atomic E-state index is 0.0649. The van der Waals surface area contributed by atoms with E-state index in [9.17, 15) is 0 Å².